The zero-order valence-electron chi connectivity index (χ0n) is 7.95. The van der Waals surface area contributed by atoms with Gasteiger partial charge in [-0.25, -0.2) is 4.79 Å². The number of hydrogen-bond acceptors (Lipinski definition) is 3. The van der Waals surface area contributed by atoms with Crippen molar-refractivity contribution >= 4 is 12.0 Å². The van der Waals surface area contributed by atoms with Crippen molar-refractivity contribution in [3.8, 4) is 0 Å². The van der Waals surface area contributed by atoms with Gasteiger partial charge in [-0.2, -0.15) is 0 Å². The highest BCUT2D eigenvalue weighted by atomic mass is 16.5. The Hall–Kier alpha value is -1.26. The Kier molecular flexibility index (Phi) is 3.11. The smallest absolute Gasteiger partial charge is 0.325 e. The molecule has 0 bridgehead atoms. The Labute approximate surface area is 77.2 Å². The fraction of sp³-hybridized carbons (Fsp3) is 0.750. The van der Waals surface area contributed by atoms with E-state index in [0.717, 1.165) is 0 Å². The third-order valence-electron chi connectivity index (χ3n) is 1.93. The van der Waals surface area contributed by atoms with Crippen molar-refractivity contribution in [1.29, 1.82) is 0 Å². The number of amides is 2. The maximum absolute atomic E-state index is 11.3. The Morgan fingerprint density at radius 2 is 2.23 bits per heavy atom. The summed E-state index contributed by atoms with van der Waals surface area (Å²) < 4.78 is 4.74. The van der Waals surface area contributed by atoms with Gasteiger partial charge in [-0.1, -0.05) is 0 Å². The molecule has 5 heteroatoms. The second kappa shape index (κ2) is 4.11. The lowest BCUT2D eigenvalue weighted by Gasteiger charge is -2.14. The highest BCUT2D eigenvalue weighted by Crippen LogP contribution is 2.05. The van der Waals surface area contributed by atoms with E-state index in [1.807, 2.05) is 0 Å². The molecule has 1 fully saturated rings. The molecule has 74 valence electrons. The molecule has 0 saturated carbocycles. The first-order valence-corrected chi connectivity index (χ1v) is 4.30. The van der Waals surface area contributed by atoms with Crippen molar-refractivity contribution in [2.75, 3.05) is 33.3 Å². The highest BCUT2D eigenvalue weighted by Gasteiger charge is 2.27. The maximum Gasteiger partial charge on any atom is 0.325 e. The summed E-state index contributed by atoms with van der Waals surface area (Å²) in [6, 6.07) is -0.104. The van der Waals surface area contributed by atoms with Crippen LogP contribution in [0.3, 0.4) is 0 Å². The fourth-order valence-electron chi connectivity index (χ4n) is 1.21. The van der Waals surface area contributed by atoms with Crippen molar-refractivity contribution in [2.24, 2.45) is 0 Å². The second-order valence-corrected chi connectivity index (χ2v) is 2.93. The first-order chi connectivity index (χ1) is 6.15. The van der Waals surface area contributed by atoms with Crippen molar-refractivity contribution in [3.63, 3.8) is 0 Å². The SMILES string of the molecule is CCOC(=O)CN1CCN(C)C1=O. The van der Waals surface area contributed by atoms with Gasteiger partial charge in [0.05, 0.1) is 6.61 Å². The zero-order chi connectivity index (χ0) is 9.84. The minimum atomic E-state index is -0.342. The minimum absolute atomic E-state index is 0.0665. The number of carbonyl (C=O) groups excluding carboxylic acids is 2. The molecule has 1 aliphatic rings. The molecule has 1 saturated heterocycles. The summed E-state index contributed by atoms with van der Waals surface area (Å²) in [4.78, 5) is 25.4. The van der Waals surface area contributed by atoms with Crippen LogP contribution in [0.15, 0.2) is 0 Å². The monoisotopic (exact) mass is 186 g/mol. The number of esters is 1. The summed E-state index contributed by atoms with van der Waals surface area (Å²) in [6.45, 7) is 3.45. The van der Waals surface area contributed by atoms with E-state index in [0.29, 0.717) is 19.7 Å². The summed E-state index contributed by atoms with van der Waals surface area (Å²) >= 11 is 0. The van der Waals surface area contributed by atoms with Crippen LogP contribution in [0.25, 0.3) is 0 Å². The van der Waals surface area contributed by atoms with E-state index < -0.39 is 0 Å². The largest absolute Gasteiger partial charge is 0.465 e. The highest BCUT2D eigenvalue weighted by molar-refractivity contribution is 5.82. The van der Waals surface area contributed by atoms with E-state index in [4.69, 9.17) is 4.74 Å². The molecule has 2 amide bonds. The number of urea groups is 1. The molecule has 0 aliphatic carbocycles. The van der Waals surface area contributed by atoms with E-state index in [1.54, 1.807) is 18.9 Å². The standard InChI is InChI=1S/C8H14N2O3/c1-3-13-7(11)6-10-5-4-9(2)8(10)12/h3-6H2,1-2H3. The van der Waals surface area contributed by atoms with Gasteiger partial charge in [0.25, 0.3) is 0 Å². The average molecular weight is 186 g/mol. The zero-order valence-corrected chi connectivity index (χ0v) is 7.95. The van der Waals surface area contributed by atoms with Gasteiger partial charge in [0.1, 0.15) is 6.54 Å². The molecule has 0 radical (unpaired) electrons. The molecule has 0 N–H and O–H groups in total. The van der Waals surface area contributed by atoms with E-state index in [9.17, 15) is 9.59 Å². The van der Waals surface area contributed by atoms with Crippen LogP contribution in [0.1, 0.15) is 6.92 Å². The van der Waals surface area contributed by atoms with Gasteiger partial charge in [-0.05, 0) is 6.92 Å². The van der Waals surface area contributed by atoms with E-state index in [2.05, 4.69) is 0 Å². The second-order valence-electron chi connectivity index (χ2n) is 2.93. The Balaban J connectivity index is 2.38. The van der Waals surface area contributed by atoms with E-state index >= 15 is 0 Å². The third kappa shape index (κ3) is 2.34. The lowest BCUT2D eigenvalue weighted by atomic mass is 10.5. The van der Waals surface area contributed by atoms with Crippen LogP contribution in [-0.2, 0) is 9.53 Å². The van der Waals surface area contributed by atoms with Crippen molar-refractivity contribution in [1.82, 2.24) is 9.80 Å². The lowest BCUT2D eigenvalue weighted by molar-refractivity contribution is -0.143. The van der Waals surface area contributed by atoms with Crippen LogP contribution < -0.4 is 0 Å². The predicted octanol–water partition coefficient (Wildman–Crippen LogP) is -0.0831. The summed E-state index contributed by atoms with van der Waals surface area (Å²) in [5, 5.41) is 0. The molecule has 0 spiro atoms. The predicted molar refractivity (Wildman–Crippen MR) is 46.2 cm³/mol. The molecule has 0 aromatic heterocycles. The van der Waals surface area contributed by atoms with E-state index in [-0.39, 0.29) is 18.5 Å². The molecule has 0 aromatic rings. The molecule has 13 heavy (non-hydrogen) atoms. The molecule has 0 unspecified atom stereocenters. The van der Waals surface area contributed by atoms with E-state index in [1.165, 1.54) is 4.90 Å². The third-order valence-corrected chi connectivity index (χ3v) is 1.93. The van der Waals surface area contributed by atoms with Gasteiger partial charge in [-0.3, -0.25) is 4.79 Å². The van der Waals surface area contributed by atoms with Crippen LogP contribution in [-0.4, -0.2) is 55.1 Å². The van der Waals surface area contributed by atoms with Crippen LogP contribution in [0.4, 0.5) is 4.79 Å². The molecular weight excluding hydrogens is 172 g/mol. The molecule has 0 aromatic carbocycles. The summed E-state index contributed by atoms with van der Waals surface area (Å²) in [7, 11) is 1.72. The van der Waals surface area contributed by atoms with Crippen LogP contribution >= 0.6 is 0 Å². The lowest BCUT2D eigenvalue weighted by Crippen LogP contribution is -2.34. The number of ether oxygens (including phenoxy) is 1. The first-order valence-electron chi connectivity index (χ1n) is 4.30. The molecule has 1 aliphatic heterocycles. The number of nitrogens with zero attached hydrogens (tertiary/aromatic N) is 2. The van der Waals surface area contributed by atoms with Crippen LogP contribution in [0.2, 0.25) is 0 Å². The van der Waals surface area contributed by atoms with Gasteiger partial charge >= 0.3 is 12.0 Å². The molecule has 1 rings (SSSR count). The Morgan fingerprint density at radius 1 is 1.54 bits per heavy atom. The van der Waals surface area contributed by atoms with Crippen molar-refractivity contribution < 1.29 is 14.3 Å². The molecular formula is C8H14N2O3. The summed E-state index contributed by atoms with van der Waals surface area (Å²) in [5.74, 6) is -0.342. The fourth-order valence-corrected chi connectivity index (χ4v) is 1.21. The number of rotatable bonds is 3. The maximum atomic E-state index is 11.3. The normalized spacial score (nSPS) is 16.6. The number of likely N-dealkylation sites (N-methyl/N-ethyl adjacent to an activating group) is 1. The van der Waals surface area contributed by atoms with Gasteiger partial charge in [0.15, 0.2) is 0 Å². The van der Waals surface area contributed by atoms with Crippen molar-refractivity contribution in [2.45, 2.75) is 6.92 Å². The average Bonchev–Trinajstić information content (AvgIpc) is 2.37. The Bertz CT molecular complexity index is 217. The molecule has 0 atom stereocenters. The minimum Gasteiger partial charge on any atom is -0.465 e. The topological polar surface area (TPSA) is 49.9 Å². The van der Waals surface area contributed by atoms with Gasteiger partial charge < -0.3 is 14.5 Å². The Morgan fingerprint density at radius 3 is 2.69 bits per heavy atom. The van der Waals surface area contributed by atoms with Crippen molar-refractivity contribution in [3.05, 3.63) is 0 Å². The number of hydrogen-bond donors (Lipinski definition) is 0. The van der Waals surface area contributed by atoms with Gasteiger partial charge in [0, 0.05) is 20.1 Å². The van der Waals surface area contributed by atoms with Gasteiger partial charge in [-0.15, -0.1) is 0 Å². The van der Waals surface area contributed by atoms with Crippen LogP contribution in [0, 0.1) is 0 Å². The van der Waals surface area contributed by atoms with Crippen LogP contribution in [0.5, 0.6) is 0 Å². The molecule has 1 heterocycles. The summed E-state index contributed by atoms with van der Waals surface area (Å²) in [6.07, 6.45) is 0. The molecule has 5 nitrogen and oxygen atoms in total. The summed E-state index contributed by atoms with van der Waals surface area (Å²) in [5.41, 5.74) is 0. The quantitative estimate of drug-likeness (QED) is 0.579. The number of carbonyl (C=O) groups is 2. The van der Waals surface area contributed by atoms with Gasteiger partial charge in [0.2, 0.25) is 0 Å². The first kappa shape index (κ1) is 9.83.